The van der Waals surface area contributed by atoms with E-state index >= 15 is 0 Å². The summed E-state index contributed by atoms with van der Waals surface area (Å²) >= 11 is 2.06. The second-order valence-electron chi connectivity index (χ2n) is 11.2. The maximum absolute atomic E-state index is 10.7. The quantitative estimate of drug-likeness (QED) is 0.377. The first-order chi connectivity index (χ1) is 12.0. The molecule has 156 valence electrons. The van der Waals surface area contributed by atoms with Crippen LogP contribution >= 0.6 is 11.8 Å². The third kappa shape index (κ3) is 5.35. The summed E-state index contributed by atoms with van der Waals surface area (Å²) in [5.74, 6) is 0.442. The van der Waals surface area contributed by atoms with Crippen molar-refractivity contribution < 1.29 is 5.11 Å². The molecule has 3 heteroatoms. The fourth-order valence-electron chi connectivity index (χ4n) is 4.58. The van der Waals surface area contributed by atoms with Gasteiger partial charge in [0, 0.05) is 10.5 Å². The molecule has 1 N–H and O–H groups in total. The third-order valence-corrected chi connectivity index (χ3v) is 16.1. The molecule has 0 aromatic heterocycles. The minimum atomic E-state index is -1.47. The lowest BCUT2D eigenvalue weighted by molar-refractivity contribution is 0.441. The molecule has 0 saturated carbocycles. The van der Waals surface area contributed by atoms with E-state index in [4.69, 9.17) is 0 Å². The van der Waals surface area contributed by atoms with Crippen LogP contribution in [-0.4, -0.2) is 18.6 Å². The molecule has 0 aliphatic heterocycles. The zero-order valence-corrected chi connectivity index (χ0v) is 21.8. The predicted octanol–water partition coefficient (Wildman–Crippen LogP) is 8.30. The molecular weight excluding hydrogens is 364 g/mol. The maximum Gasteiger partial charge on any atom is 0.119 e. The van der Waals surface area contributed by atoms with Gasteiger partial charge in [-0.1, -0.05) is 83.1 Å². The Morgan fingerprint density at radius 2 is 1.19 bits per heavy atom. The number of aromatic hydroxyl groups is 1. The standard InChI is InChI=1S/C24H44OSSi/c1-16(2)27(17(3)4,18(5)6)15-26-22-14-19(23(7,8)9)21(25)13-20(22)24(10,11)12/h13-14,16-18,25H,15H2,1-12H3. The van der Waals surface area contributed by atoms with Crippen molar-refractivity contribution in [3.8, 4) is 5.75 Å². The van der Waals surface area contributed by atoms with Crippen LogP contribution in [0.2, 0.25) is 16.6 Å². The van der Waals surface area contributed by atoms with Gasteiger partial charge in [-0.2, -0.15) is 0 Å². The molecule has 0 spiro atoms. The average molecular weight is 409 g/mol. The van der Waals surface area contributed by atoms with E-state index in [0.29, 0.717) is 5.75 Å². The van der Waals surface area contributed by atoms with Gasteiger partial charge in [0.15, 0.2) is 0 Å². The van der Waals surface area contributed by atoms with Gasteiger partial charge < -0.3 is 5.11 Å². The summed E-state index contributed by atoms with van der Waals surface area (Å²) in [4.78, 5) is 1.36. The summed E-state index contributed by atoms with van der Waals surface area (Å²) in [5.41, 5.74) is 4.60. The van der Waals surface area contributed by atoms with E-state index in [9.17, 15) is 5.11 Å². The normalized spacial score (nSPS) is 13.9. The molecule has 27 heavy (non-hydrogen) atoms. The molecule has 0 amide bonds. The highest BCUT2D eigenvalue weighted by Gasteiger charge is 2.42. The molecule has 0 bridgehead atoms. The van der Waals surface area contributed by atoms with E-state index < -0.39 is 8.07 Å². The summed E-state index contributed by atoms with van der Waals surface area (Å²) in [6.45, 7) is 27.9. The van der Waals surface area contributed by atoms with Crippen molar-refractivity contribution in [2.75, 3.05) is 5.38 Å². The zero-order chi connectivity index (χ0) is 21.4. The van der Waals surface area contributed by atoms with Crippen LogP contribution < -0.4 is 0 Å². The molecule has 1 aromatic carbocycles. The van der Waals surface area contributed by atoms with E-state index in [1.807, 2.05) is 6.07 Å². The Morgan fingerprint density at radius 1 is 0.778 bits per heavy atom. The van der Waals surface area contributed by atoms with E-state index in [1.165, 1.54) is 15.8 Å². The highest BCUT2D eigenvalue weighted by molar-refractivity contribution is 8.01. The molecule has 0 saturated heterocycles. The number of hydrogen-bond donors (Lipinski definition) is 1. The second kappa shape index (κ2) is 8.53. The van der Waals surface area contributed by atoms with Crippen LogP contribution in [0.25, 0.3) is 0 Å². The topological polar surface area (TPSA) is 20.2 Å². The molecule has 0 atom stereocenters. The van der Waals surface area contributed by atoms with Crippen molar-refractivity contribution in [2.45, 2.75) is 115 Å². The van der Waals surface area contributed by atoms with Gasteiger partial charge in [0.2, 0.25) is 0 Å². The average Bonchev–Trinajstić information content (AvgIpc) is 2.45. The van der Waals surface area contributed by atoms with E-state index in [-0.39, 0.29) is 10.8 Å². The van der Waals surface area contributed by atoms with Crippen molar-refractivity contribution in [3.05, 3.63) is 23.3 Å². The van der Waals surface area contributed by atoms with Gasteiger partial charge in [0.25, 0.3) is 0 Å². The molecule has 0 heterocycles. The Hall–Kier alpha value is -0.413. The maximum atomic E-state index is 10.7. The van der Waals surface area contributed by atoms with E-state index in [2.05, 4.69) is 101 Å². The van der Waals surface area contributed by atoms with E-state index in [1.54, 1.807) is 0 Å². The third-order valence-electron chi connectivity index (χ3n) is 6.42. The molecule has 0 radical (unpaired) electrons. The number of phenols is 1. The van der Waals surface area contributed by atoms with Crippen molar-refractivity contribution >= 4 is 19.8 Å². The molecule has 1 aromatic rings. The molecule has 0 unspecified atom stereocenters. The van der Waals surface area contributed by atoms with Gasteiger partial charge >= 0.3 is 0 Å². The highest BCUT2D eigenvalue weighted by Crippen LogP contribution is 2.47. The fraction of sp³-hybridized carbons (Fsp3) is 0.750. The lowest BCUT2D eigenvalue weighted by Gasteiger charge is -2.43. The lowest BCUT2D eigenvalue weighted by atomic mass is 9.81. The van der Waals surface area contributed by atoms with Gasteiger partial charge in [-0.15, -0.1) is 11.8 Å². The number of rotatable bonds is 6. The Morgan fingerprint density at radius 3 is 1.52 bits per heavy atom. The predicted molar refractivity (Wildman–Crippen MR) is 127 cm³/mol. The molecule has 1 nitrogen and oxygen atoms in total. The van der Waals surface area contributed by atoms with Crippen molar-refractivity contribution in [2.24, 2.45) is 0 Å². The summed E-state index contributed by atoms with van der Waals surface area (Å²) in [6, 6.07) is 4.31. The van der Waals surface area contributed by atoms with Crippen LogP contribution in [0.5, 0.6) is 5.75 Å². The highest BCUT2D eigenvalue weighted by atomic mass is 32.2. The van der Waals surface area contributed by atoms with Gasteiger partial charge in [0.1, 0.15) is 5.75 Å². The minimum Gasteiger partial charge on any atom is -0.508 e. The van der Waals surface area contributed by atoms with Crippen LogP contribution in [0.15, 0.2) is 17.0 Å². The van der Waals surface area contributed by atoms with Gasteiger partial charge in [-0.05, 0) is 50.5 Å². The largest absolute Gasteiger partial charge is 0.508 e. The summed E-state index contributed by atoms with van der Waals surface area (Å²) in [6.07, 6.45) is 0. The van der Waals surface area contributed by atoms with Crippen LogP contribution in [0, 0.1) is 0 Å². The molecule has 0 fully saturated rings. The summed E-state index contributed by atoms with van der Waals surface area (Å²) < 4.78 is 0. The number of thioether (sulfide) groups is 1. The summed E-state index contributed by atoms with van der Waals surface area (Å²) in [5, 5.41) is 12.0. The number of hydrogen-bond acceptors (Lipinski definition) is 2. The van der Waals surface area contributed by atoms with Crippen LogP contribution in [-0.2, 0) is 10.8 Å². The van der Waals surface area contributed by atoms with Gasteiger partial charge in [-0.3, -0.25) is 0 Å². The Balaban J connectivity index is 3.47. The van der Waals surface area contributed by atoms with Crippen LogP contribution in [0.1, 0.15) is 94.2 Å². The second-order valence-corrected chi connectivity index (χ2v) is 18.8. The van der Waals surface area contributed by atoms with Crippen LogP contribution in [0.4, 0.5) is 0 Å². The number of benzene rings is 1. The first-order valence-electron chi connectivity index (χ1n) is 10.6. The first-order valence-corrected chi connectivity index (χ1v) is 14.0. The van der Waals surface area contributed by atoms with Gasteiger partial charge in [0.05, 0.1) is 8.07 Å². The van der Waals surface area contributed by atoms with Crippen molar-refractivity contribution in [1.29, 1.82) is 0 Å². The SMILES string of the molecule is CC(C)[Si](CSc1cc(C(C)(C)C)c(O)cc1C(C)(C)C)(C(C)C)C(C)C. The molecule has 1 rings (SSSR count). The van der Waals surface area contributed by atoms with Crippen molar-refractivity contribution in [3.63, 3.8) is 0 Å². The Kier molecular flexibility index (Phi) is 7.78. The van der Waals surface area contributed by atoms with Crippen molar-refractivity contribution in [1.82, 2.24) is 0 Å². The first kappa shape index (κ1) is 24.6. The monoisotopic (exact) mass is 408 g/mol. The minimum absolute atomic E-state index is 0.0218. The van der Waals surface area contributed by atoms with E-state index in [0.717, 1.165) is 22.2 Å². The zero-order valence-electron chi connectivity index (χ0n) is 19.9. The van der Waals surface area contributed by atoms with Gasteiger partial charge in [-0.25, -0.2) is 0 Å². The lowest BCUT2D eigenvalue weighted by Crippen LogP contribution is -2.47. The smallest absolute Gasteiger partial charge is 0.119 e. The summed E-state index contributed by atoms with van der Waals surface area (Å²) in [7, 11) is -1.47. The molecular formula is C24H44OSSi. The Labute approximate surface area is 174 Å². The molecule has 0 aliphatic carbocycles. The Bertz CT molecular complexity index is 611. The fourth-order valence-corrected chi connectivity index (χ4v) is 14.9. The number of phenolic OH excluding ortho intramolecular Hbond substituents is 1. The molecule has 0 aliphatic rings. The van der Waals surface area contributed by atoms with Crippen LogP contribution in [0.3, 0.4) is 0 Å².